The molecule has 0 aliphatic heterocycles. The van der Waals surface area contributed by atoms with Crippen molar-refractivity contribution in [1.29, 1.82) is 0 Å². The number of halogens is 4. The van der Waals surface area contributed by atoms with Crippen molar-refractivity contribution in [2.75, 3.05) is 11.8 Å². The molecule has 0 spiro atoms. The van der Waals surface area contributed by atoms with Crippen molar-refractivity contribution in [2.24, 2.45) is 0 Å². The van der Waals surface area contributed by atoms with E-state index < -0.39 is 15.6 Å². The molecular formula is C10H11BrCl3NO2S. The minimum atomic E-state index is -3.80. The summed E-state index contributed by atoms with van der Waals surface area (Å²) in [7, 11) is -3.80. The Hall–Kier alpha value is 0.480. The SMILES string of the molecule is CC(CCl)(CCl)NS(=O)(=O)c1c(Cl)cccc1Br. The van der Waals surface area contributed by atoms with Gasteiger partial charge in [0, 0.05) is 16.2 Å². The average molecular weight is 396 g/mol. The first-order valence-electron chi connectivity index (χ1n) is 4.86. The summed E-state index contributed by atoms with van der Waals surface area (Å²) in [5, 5.41) is 0.128. The lowest BCUT2D eigenvalue weighted by molar-refractivity contribution is 0.500. The van der Waals surface area contributed by atoms with Gasteiger partial charge in [0.2, 0.25) is 10.0 Å². The first-order chi connectivity index (χ1) is 8.25. The second kappa shape index (κ2) is 6.29. The number of rotatable bonds is 5. The van der Waals surface area contributed by atoms with E-state index in [0.29, 0.717) is 4.47 Å². The monoisotopic (exact) mass is 393 g/mol. The van der Waals surface area contributed by atoms with E-state index in [-0.39, 0.29) is 21.7 Å². The van der Waals surface area contributed by atoms with Gasteiger partial charge in [0.15, 0.2) is 0 Å². The molecule has 8 heteroatoms. The molecule has 0 fully saturated rings. The topological polar surface area (TPSA) is 46.2 Å². The minimum Gasteiger partial charge on any atom is -0.207 e. The van der Waals surface area contributed by atoms with Gasteiger partial charge in [-0.05, 0) is 35.0 Å². The highest BCUT2D eigenvalue weighted by Gasteiger charge is 2.31. The van der Waals surface area contributed by atoms with Crippen LogP contribution in [0.25, 0.3) is 0 Å². The third-order valence-electron chi connectivity index (χ3n) is 2.16. The molecule has 0 bridgehead atoms. The van der Waals surface area contributed by atoms with Crippen LogP contribution < -0.4 is 4.72 Å². The van der Waals surface area contributed by atoms with Crippen molar-refractivity contribution in [3.8, 4) is 0 Å². The average Bonchev–Trinajstić information content (AvgIpc) is 2.27. The maximum Gasteiger partial charge on any atom is 0.243 e. The molecule has 0 unspecified atom stereocenters. The number of benzene rings is 1. The van der Waals surface area contributed by atoms with Gasteiger partial charge in [-0.15, -0.1) is 23.2 Å². The Morgan fingerprint density at radius 1 is 1.33 bits per heavy atom. The summed E-state index contributed by atoms with van der Waals surface area (Å²) >= 11 is 20.5. The quantitative estimate of drug-likeness (QED) is 0.774. The Kier molecular flexibility index (Phi) is 5.77. The second-order valence-electron chi connectivity index (χ2n) is 3.98. The van der Waals surface area contributed by atoms with Crippen LogP contribution in [0.4, 0.5) is 0 Å². The lowest BCUT2D eigenvalue weighted by atomic mass is 10.1. The summed E-state index contributed by atoms with van der Waals surface area (Å²) in [5.74, 6) is 0.107. The Morgan fingerprint density at radius 3 is 2.33 bits per heavy atom. The number of sulfonamides is 1. The molecule has 102 valence electrons. The maximum atomic E-state index is 12.3. The van der Waals surface area contributed by atoms with Crippen molar-refractivity contribution in [3.63, 3.8) is 0 Å². The molecule has 0 saturated carbocycles. The Morgan fingerprint density at radius 2 is 1.89 bits per heavy atom. The van der Waals surface area contributed by atoms with Gasteiger partial charge in [-0.25, -0.2) is 13.1 Å². The summed E-state index contributed by atoms with van der Waals surface area (Å²) in [6, 6.07) is 4.74. The van der Waals surface area contributed by atoms with Crippen LogP contribution in [-0.2, 0) is 10.0 Å². The predicted octanol–water partition coefficient (Wildman–Crippen LogP) is 3.62. The van der Waals surface area contributed by atoms with Crippen LogP contribution >= 0.6 is 50.7 Å². The first kappa shape index (κ1) is 16.5. The van der Waals surface area contributed by atoms with Gasteiger partial charge in [-0.2, -0.15) is 0 Å². The molecule has 0 aliphatic rings. The smallest absolute Gasteiger partial charge is 0.207 e. The minimum absolute atomic E-state index is 0.0203. The normalized spacial score (nSPS) is 12.7. The fraction of sp³-hybridized carbons (Fsp3) is 0.400. The Labute approximate surface area is 130 Å². The van der Waals surface area contributed by atoms with Crippen LogP contribution in [0, 0.1) is 0 Å². The van der Waals surface area contributed by atoms with Gasteiger partial charge in [-0.3, -0.25) is 0 Å². The molecule has 1 rings (SSSR count). The molecule has 18 heavy (non-hydrogen) atoms. The first-order valence-corrected chi connectivity index (χ1v) is 8.58. The Balaban J connectivity index is 3.23. The fourth-order valence-corrected chi connectivity index (χ4v) is 4.93. The summed E-state index contributed by atoms with van der Waals surface area (Å²) in [6.07, 6.45) is 0. The van der Waals surface area contributed by atoms with Crippen molar-refractivity contribution in [3.05, 3.63) is 27.7 Å². The van der Waals surface area contributed by atoms with Crippen molar-refractivity contribution in [1.82, 2.24) is 4.72 Å². The molecule has 0 atom stereocenters. The van der Waals surface area contributed by atoms with Gasteiger partial charge in [0.25, 0.3) is 0 Å². The molecular weight excluding hydrogens is 384 g/mol. The molecule has 0 radical (unpaired) electrons. The van der Waals surface area contributed by atoms with Crippen LogP contribution in [0.15, 0.2) is 27.6 Å². The van der Waals surface area contributed by atoms with E-state index in [1.54, 1.807) is 19.1 Å². The highest BCUT2D eigenvalue weighted by Crippen LogP contribution is 2.30. The number of hydrogen-bond donors (Lipinski definition) is 1. The molecule has 0 aromatic heterocycles. The predicted molar refractivity (Wildman–Crippen MR) is 79.3 cm³/mol. The zero-order valence-electron chi connectivity index (χ0n) is 9.38. The van der Waals surface area contributed by atoms with E-state index in [1.165, 1.54) is 6.07 Å². The summed E-state index contributed by atoms with van der Waals surface area (Å²) < 4.78 is 27.4. The van der Waals surface area contributed by atoms with Crippen LogP contribution in [0.1, 0.15) is 6.92 Å². The third-order valence-corrected chi connectivity index (χ3v) is 6.43. The van der Waals surface area contributed by atoms with Gasteiger partial charge in [0.05, 0.1) is 10.6 Å². The summed E-state index contributed by atoms with van der Waals surface area (Å²) in [6.45, 7) is 1.62. The van der Waals surface area contributed by atoms with Crippen molar-refractivity contribution < 1.29 is 8.42 Å². The van der Waals surface area contributed by atoms with Gasteiger partial charge >= 0.3 is 0 Å². The van der Waals surface area contributed by atoms with Crippen LogP contribution in [0.5, 0.6) is 0 Å². The zero-order valence-corrected chi connectivity index (χ0v) is 14.1. The number of hydrogen-bond acceptors (Lipinski definition) is 2. The summed E-state index contributed by atoms with van der Waals surface area (Å²) in [5.41, 5.74) is -0.930. The van der Waals surface area contributed by atoms with Gasteiger partial charge in [-0.1, -0.05) is 17.7 Å². The maximum absolute atomic E-state index is 12.3. The summed E-state index contributed by atoms with van der Waals surface area (Å²) in [4.78, 5) is -0.0203. The van der Waals surface area contributed by atoms with E-state index in [4.69, 9.17) is 34.8 Å². The van der Waals surface area contributed by atoms with Gasteiger partial charge < -0.3 is 0 Å². The second-order valence-corrected chi connectivity index (χ2v) is 7.40. The lowest BCUT2D eigenvalue weighted by Crippen LogP contribution is -2.49. The third kappa shape index (κ3) is 3.74. The molecule has 0 saturated heterocycles. The molecule has 0 aliphatic carbocycles. The molecule has 0 amide bonds. The van der Waals surface area contributed by atoms with Gasteiger partial charge in [0.1, 0.15) is 4.90 Å². The van der Waals surface area contributed by atoms with E-state index >= 15 is 0 Å². The van der Waals surface area contributed by atoms with Crippen molar-refractivity contribution in [2.45, 2.75) is 17.4 Å². The van der Waals surface area contributed by atoms with Crippen molar-refractivity contribution >= 4 is 60.8 Å². The molecule has 3 nitrogen and oxygen atoms in total. The molecule has 1 aromatic rings. The standard InChI is InChI=1S/C10H11BrCl3NO2S/c1-10(5-12,6-13)15-18(16,17)9-7(11)3-2-4-8(9)14/h2-4,15H,5-6H2,1H3. The zero-order chi connectivity index (χ0) is 14.0. The molecule has 1 aromatic carbocycles. The molecule has 0 heterocycles. The van der Waals surface area contributed by atoms with E-state index in [0.717, 1.165) is 0 Å². The van der Waals surface area contributed by atoms with E-state index in [9.17, 15) is 8.42 Å². The highest BCUT2D eigenvalue weighted by molar-refractivity contribution is 9.10. The van der Waals surface area contributed by atoms with Crippen LogP contribution in [0.2, 0.25) is 5.02 Å². The van der Waals surface area contributed by atoms with E-state index in [2.05, 4.69) is 20.7 Å². The highest BCUT2D eigenvalue weighted by atomic mass is 79.9. The Bertz CT molecular complexity index is 512. The molecule has 1 N–H and O–H groups in total. The lowest BCUT2D eigenvalue weighted by Gasteiger charge is -2.26. The fourth-order valence-electron chi connectivity index (χ4n) is 1.20. The van der Waals surface area contributed by atoms with Crippen LogP contribution in [0.3, 0.4) is 0 Å². The van der Waals surface area contributed by atoms with Crippen LogP contribution in [-0.4, -0.2) is 25.7 Å². The number of nitrogens with one attached hydrogen (secondary N) is 1. The largest absolute Gasteiger partial charge is 0.243 e. The number of alkyl halides is 2. The van der Waals surface area contributed by atoms with E-state index in [1.807, 2.05) is 0 Å².